The first-order valence-electron chi connectivity index (χ1n) is 1.40. The van der Waals surface area contributed by atoms with Gasteiger partial charge in [-0.1, -0.05) is 0 Å². The Balaban J connectivity index is 0. The van der Waals surface area contributed by atoms with E-state index in [9.17, 15) is 0 Å². The van der Waals surface area contributed by atoms with Gasteiger partial charge in [-0.25, -0.2) is 5.57 Å². The minimum atomic E-state index is 0. The molecule has 0 aromatic heterocycles. The van der Waals surface area contributed by atoms with Crippen molar-refractivity contribution in [3.8, 4) is 0 Å². The van der Waals surface area contributed by atoms with E-state index in [4.69, 9.17) is 0 Å². The maximum Gasteiger partial charge on any atom is 3.00 e. The van der Waals surface area contributed by atoms with E-state index in [1.54, 1.807) is 6.08 Å². The van der Waals surface area contributed by atoms with Gasteiger partial charge in [0.05, 0.1) is 0 Å². The van der Waals surface area contributed by atoms with Gasteiger partial charge in [-0.05, 0) is 0 Å². The van der Waals surface area contributed by atoms with Gasteiger partial charge in [-0.15, -0.1) is 0 Å². The Hall–Kier alpha value is 0.454. The molecule has 0 rings (SSSR count). The van der Waals surface area contributed by atoms with E-state index >= 15 is 0 Å². The summed E-state index contributed by atoms with van der Waals surface area (Å²) in [5.74, 6) is 0. The number of rotatable bonds is 1. The third-order valence-electron chi connectivity index (χ3n) is 0.289. The molecular weight excluding hydrogens is 149 g/mol. The second-order valence-electron chi connectivity index (χ2n) is 0.862. The van der Waals surface area contributed by atoms with Crippen molar-refractivity contribution in [1.29, 1.82) is 0 Å². The second kappa shape index (κ2) is 5.45. The van der Waals surface area contributed by atoms with E-state index in [-0.39, 0.29) is 32.7 Å². The Bertz CT molecular complexity index is 55.0. The van der Waals surface area contributed by atoms with Crippen LogP contribution < -0.4 is 0 Å². The Morgan fingerprint density at radius 3 is 1.83 bits per heavy atom. The molecule has 0 N–H and O–H groups in total. The Kier molecular flexibility index (Phi) is 8.80. The van der Waals surface area contributed by atoms with Gasteiger partial charge in [0, 0.05) is 0 Å². The van der Waals surface area contributed by atoms with E-state index < -0.39 is 0 Å². The van der Waals surface area contributed by atoms with Crippen LogP contribution >= 0.6 is 0 Å². The summed E-state index contributed by atoms with van der Waals surface area (Å²) in [4.78, 5) is 0. The van der Waals surface area contributed by atoms with E-state index in [1.165, 1.54) is 0 Å². The first kappa shape index (κ1) is 9.68. The molecule has 0 heterocycles. The van der Waals surface area contributed by atoms with Gasteiger partial charge in [0.2, 0.25) is 0 Å². The average molecular weight is 156 g/mol. The largest absolute Gasteiger partial charge is 3.00 e. The minimum Gasteiger partial charge on any atom is -0.203 e. The molecule has 0 radical (unpaired) electrons. The molecule has 6 heavy (non-hydrogen) atoms. The zero-order valence-electron chi connectivity index (χ0n) is 3.78. The molecule has 28 valence electrons. The van der Waals surface area contributed by atoms with Crippen LogP contribution in [0.15, 0.2) is 24.8 Å². The molecule has 0 aromatic carbocycles. The van der Waals surface area contributed by atoms with Gasteiger partial charge in [0.1, 0.15) is 0 Å². The summed E-state index contributed by atoms with van der Waals surface area (Å²) in [6.45, 7) is 10.3. The van der Waals surface area contributed by atoms with E-state index in [0.29, 0.717) is 0 Å². The van der Waals surface area contributed by atoms with Crippen molar-refractivity contribution in [2.24, 2.45) is 0 Å². The normalized spacial score (nSPS) is 5.33. The standard InChI is InChI=1S/C5H7.Y/c1-4-5(2)3;/h4H,1-3H2;/q-1;+3. The maximum absolute atomic E-state index is 3.44. The van der Waals surface area contributed by atoms with Gasteiger partial charge in [0.15, 0.2) is 0 Å². The Labute approximate surface area is 64.2 Å². The molecule has 0 bridgehead atoms. The van der Waals surface area contributed by atoms with Crippen molar-refractivity contribution < 1.29 is 32.7 Å². The molecule has 0 aliphatic rings. The molecule has 0 aliphatic heterocycles. The fourth-order valence-corrected chi connectivity index (χ4v) is 0. The van der Waals surface area contributed by atoms with Crippen molar-refractivity contribution >= 4 is 0 Å². The summed E-state index contributed by atoms with van der Waals surface area (Å²) in [6.07, 6.45) is 1.61. The van der Waals surface area contributed by atoms with Crippen LogP contribution in [0.2, 0.25) is 0 Å². The molecule has 0 spiro atoms. The first-order chi connectivity index (χ1) is 2.27. The van der Waals surface area contributed by atoms with Gasteiger partial charge in [-0.3, -0.25) is 0 Å². The summed E-state index contributed by atoms with van der Waals surface area (Å²) in [5.41, 5.74) is 0.769. The van der Waals surface area contributed by atoms with Crippen LogP contribution in [0.4, 0.5) is 0 Å². The summed E-state index contributed by atoms with van der Waals surface area (Å²) in [6, 6.07) is 0. The minimum absolute atomic E-state index is 0. The number of hydrogen-bond acceptors (Lipinski definition) is 0. The molecule has 1 heteroatoms. The van der Waals surface area contributed by atoms with Crippen LogP contribution in [0.25, 0.3) is 0 Å². The molecule has 0 atom stereocenters. The van der Waals surface area contributed by atoms with Crippen molar-refractivity contribution in [2.75, 3.05) is 0 Å². The monoisotopic (exact) mass is 156 g/mol. The van der Waals surface area contributed by atoms with Gasteiger partial charge in [-0.2, -0.15) is 26.2 Å². The summed E-state index contributed by atoms with van der Waals surface area (Å²) in [5, 5.41) is 0. The van der Waals surface area contributed by atoms with Crippen molar-refractivity contribution in [3.05, 3.63) is 31.7 Å². The summed E-state index contributed by atoms with van der Waals surface area (Å²) in [7, 11) is 0. The zero-order valence-corrected chi connectivity index (χ0v) is 6.61. The summed E-state index contributed by atoms with van der Waals surface area (Å²) >= 11 is 0. The van der Waals surface area contributed by atoms with Crippen molar-refractivity contribution in [3.63, 3.8) is 0 Å². The maximum atomic E-state index is 3.44. The van der Waals surface area contributed by atoms with Crippen LogP contribution in [-0.4, -0.2) is 0 Å². The Morgan fingerprint density at radius 2 is 1.83 bits per heavy atom. The summed E-state index contributed by atoms with van der Waals surface area (Å²) < 4.78 is 0. The molecule has 0 aliphatic carbocycles. The topological polar surface area (TPSA) is 0 Å². The van der Waals surface area contributed by atoms with E-state index in [2.05, 4.69) is 20.1 Å². The molecule has 0 saturated carbocycles. The van der Waals surface area contributed by atoms with Crippen LogP contribution in [-0.2, 0) is 32.7 Å². The van der Waals surface area contributed by atoms with Gasteiger partial charge >= 0.3 is 32.7 Å². The Morgan fingerprint density at radius 1 is 1.67 bits per heavy atom. The predicted octanol–water partition coefficient (Wildman–Crippen LogP) is 1.56. The molecule has 0 fully saturated rings. The fourth-order valence-electron chi connectivity index (χ4n) is 0. The molecule has 0 aromatic rings. The van der Waals surface area contributed by atoms with Crippen molar-refractivity contribution in [2.45, 2.75) is 0 Å². The quantitative estimate of drug-likeness (QED) is 0.399. The number of hydrogen-bond donors (Lipinski definition) is 0. The van der Waals surface area contributed by atoms with Crippen LogP contribution in [0.5, 0.6) is 0 Å². The third kappa shape index (κ3) is 8.82. The zero-order chi connectivity index (χ0) is 4.28. The fraction of sp³-hybridized carbons (Fsp3) is 0. The molecular formula is C5H7Y+2. The van der Waals surface area contributed by atoms with Crippen LogP contribution in [0.3, 0.4) is 0 Å². The van der Waals surface area contributed by atoms with E-state index in [1.807, 2.05) is 0 Å². The molecule has 0 amide bonds. The predicted molar refractivity (Wildman–Crippen MR) is 24.7 cm³/mol. The second-order valence-corrected chi connectivity index (χ2v) is 0.862. The van der Waals surface area contributed by atoms with Crippen LogP contribution in [0.1, 0.15) is 0 Å². The molecule has 0 nitrogen and oxygen atoms in total. The van der Waals surface area contributed by atoms with Crippen LogP contribution in [0, 0.1) is 6.92 Å². The van der Waals surface area contributed by atoms with Crippen molar-refractivity contribution in [1.82, 2.24) is 0 Å². The molecule has 0 unspecified atom stereocenters. The first-order valence-corrected chi connectivity index (χ1v) is 1.40. The van der Waals surface area contributed by atoms with Gasteiger partial charge < -0.3 is 0 Å². The SMILES string of the molecule is C=CC(=C)[CH2-].[Y+3]. The third-order valence-corrected chi connectivity index (χ3v) is 0.289. The molecule has 0 saturated heterocycles. The number of allylic oxidation sites excluding steroid dienone is 2. The van der Waals surface area contributed by atoms with E-state index in [0.717, 1.165) is 5.57 Å². The smallest absolute Gasteiger partial charge is 0.203 e. The van der Waals surface area contributed by atoms with Gasteiger partial charge in [0.25, 0.3) is 0 Å². The average Bonchev–Trinajstić information content (AvgIpc) is 1.38.